The van der Waals surface area contributed by atoms with Gasteiger partial charge in [-0.15, -0.1) is 11.8 Å². The van der Waals surface area contributed by atoms with Crippen LogP contribution in [0.25, 0.3) is 0 Å². The number of nitrogen functional groups attached to an aromatic ring is 1. The van der Waals surface area contributed by atoms with Gasteiger partial charge in [-0.2, -0.15) is 0 Å². The fourth-order valence-electron chi connectivity index (χ4n) is 1.46. The molecule has 1 heterocycles. The highest BCUT2D eigenvalue weighted by Crippen LogP contribution is 2.34. The highest BCUT2D eigenvalue weighted by Gasteiger charge is 2.06. The van der Waals surface area contributed by atoms with Gasteiger partial charge in [-0.1, -0.05) is 12.1 Å². The zero-order chi connectivity index (χ0) is 11.4. The molecule has 1 unspecified atom stereocenters. The number of nitrogens with zero attached hydrogens (tertiary/aromatic N) is 1. The molecular formula is C13H14N2S. The summed E-state index contributed by atoms with van der Waals surface area (Å²) in [5, 5.41) is 0.419. The van der Waals surface area contributed by atoms with Crippen molar-refractivity contribution < 1.29 is 0 Å². The molecule has 0 saturated heterocycles. The monoisotopic (exact) mass is 230 g/mol. The summed E-state index contributed by atoms with van der Waals surface area (Å²) in [6, 6.07) is 12.1. The molecule has 0 aliphatic carbocycles. The van der Waals surface area contributed by atoms with Crippen LogP contribution in [0.1, 0.15) is 17.7 Å². The van der Waals surface area contributed by atoms with Crippen LogP contribution in [0.3, 0.4) is 0 Å². The molecule has 0 amide bonds. The fourth-order valence-corrected chi connectivity index (χ4v) is 2.44. The van der Waals surface area contributed by atoms with E-state index in [9.17, 15) is 0 Å². The summed E-state index contributed by atoms with van der Waals surface area (Å²) in [7, 11) is 0. The molecule has 0 aliphatic heterocycles. The largest absolute Gasteiger partial charge is 0.399 e. The Bertz CT molecular complexity index is 439. The first-order chi connectivity index (χ1) is 7.75. The number of thioether (sulfide) groups is 1. The van der Waals surface area contributed by atoms with Gasteiger partial charge in [0.05, 0.1) is 0 Å². The van der Waals surface area contributed by atoms with Gasteiger partial charge >= 0.3 is 0 Å². The smallest absolute Gasteiger partial charge is 0.0316 e. The first-order valence-corrected chi connectivity index (χ1v) is 6.06. The van der Waals surface area contributed by atoms with E-state index in [1.807, 2.05) is 48.4 Å². The molecule has 3 heteroatoms. The van der Waals surface area contributed by atoms with Crippen LogP contribution in [-0.4, -0.2) is 4.98 Å². The molecular weight excluding hydrogens is 216 g/mol. The molecule has 1 aromatic heterocycles. The number of benzene rings is 1. The van der Waals surface area contributed by atoms with Crippen LogP contribution in [0.15, 0.2) is 53.7 Å². The zero-order valence-corrected chi connectivity index (χ0v) is 9.95. The second-order valence-corrected chi connectivity index (χ2v) is 5.02. The Morgan fingerprint density at radius 2 is 1.69 bits per heavy atom. The maximum atomic E-state index is 5.66. The van der Waals surface area contributed by atoms with Gasteiger partial charge < -0.3 is 5.73 Å². The molecule has 0 bridgehead atoms. The molecule has 2 N–H and O–H groups in total. The van der Waals surface area contributed by atoms with Crippen LogP contribution in [-0.2, 0) is 0 Å². The second kappa shape index (κ2) is 5.03. The van der Waals surface area contributed by atoms with Crippen molar-refractivity contribution in [1.82, 2.24) is 4.98 Å². The van der Waals surface area contributed by atoms with Crippen molar-refractivity contribution in [2.75, 3.05) is 5.73 Å². The number of anilines is 1. The number of nitrogens with two attached hydrogens (primary N) is 1. The summed E-state index contributed by atoms with van der Waals surface area (Å²) in [6.45, 7) is 2.19. The molecule has 1 atom stereocenters. The summed E-state index contributed by atoms with van der Waals surface area (Å²) in [4.78, 5) is 5.24. The van der Waals surface area contributed by atoms with Crippen LogP contribution in [0.5, 0.6) is 0 Å². The molecule has 0 fully saturated rings. The molecule has 16 heavy (non-hydrogen) atoms. The van der Waals surface area contributed by atoms with Gasteiger partial charge in [0.25, 0.3) is 0 Å². The Hall–Kier alpha value is -1.48. The van der Waals surface area contributed by atoms with E-state index in [0.717, 1.165) is 5.69 Å². The van der Waals surface area contributed by atoms with Crippen molar-refractivity contribution in [3.8, 4) is 0 Å². The lowest BCUT2D eigenvalue weighted by atomic mass is 10.1. The lowest BCUT2D eigenvalue weighted by molar-refractivity contribution is 1.09. The molecule has 2 rings (SSSR count). The van der Waals surface area contributed by atoms with Gasteiger partial charge in [-0.25, -0.2) is 0 Å². The minimum absolute atomic E-state index is 0.419. The molecule has 1 aromatic carbocycles. The highest BCUT2D eigenvalue weighted by molar-refractivity contribution is 7.99. The number of hydrogen-bond donors (Lipinski definition) is 1. The van der Waals surface area contributed by atoms with Gasteiger partial charge in [0.15, 0.2) is 0 Å². The van der Waals surface area contributed by atoms with Gasteiger partial charge in [0.2, 0.25) is 0 Å². The molecule has 0 radical (unpaired) electrons. The number of rotatable bonds is 3. The first kappa shape index (κ1) is 11.0. The van der Waals surface area contributed by atoms with E-state index in [1.54, 1.807) is 0 Å². The predicted octanol–water partition coefficient (Wildman–Crippen LogP) is 3.52. The van der Waals surface area contributed by atoms with Gasteiger partial charge in [-0.05, 0) is 36.8 Å². The Morgan fingerprint density at radius 1 is 1.06 bits per heavy atom. The summed E-state index contributed by atoms with van der Waals surface area (Å²) in [5.74, 6) is 0. The van der Waals surface area contributed by atoms with Crippen LogP contribution < -0.4 is 5.73 Å². The van der Waals surface area contributed by atoms with E-state index < -0.39 is 0 Å². The van der Waals surface area contributed by atoms with E-state index >= 15 is 0 Å². The SMILES string of the molecule is CC(Sc1ccncc1)c1ccc(N)cc1. The van der Waals surface area contributed by atoms with Crippen LogP contribution in [0.2, 0.25) is 0 Å². The van der Waals surface area contributed by atoms with E-state index in [4.69, 9.17) is 5.73 Å². The lowest BCUT2D eigenvalue weighted by Gasteiger charge is -2.11. The normalized spacial score (nSPS) is 12.3. The number of hydrogen-bond acceptors (Lipinski definition) is 3. The Kier molecular flexibility index (Phi) is 3.47. The zero-order valence-electron chi connectivity index (χ0n) is 9.13. The summed E-state index contributed by atoms with van der Waals surface area (Å²) in [6.07, 6.45) is 3.63. The third-order valence-corrected chi connectivity index (χ3v) is 3.54. The number of pyridine rings is 1. The van der Waals surface area contributed by atoms with E-state index in [2.05, 4.69) is 24.0 Å². The van der Waals surface area contributed by atoms with Crippen LogP contribution >= 0.6 is 11.8 Å². The van der Waals surface area contributed by atoms with Crippen molar-refractivity contribution in [2.45, 2.75) is 17.1 Å². The van der Waals surface area contributed by atoms with Crippen LogP contribution in [0.4, 0.5) is 5.69 Å². The topological polar surface area (TPSA) is 38.9 Å². The maximum absolute atomic E-state index is 5.66. The highest BCUT2D eigenvalue weighted by atomic mass is 32.2. The number of aromatic nitrogens is 1. The fraction of sp³-hybridized carbons (Fsp3) is 0.154. The first-order valence-electron chi connectivity index (χ1n) is 5.18. The quantitative estimate of drug-likeness (QED) is 0.647. The van der Waals surface area contributed by atoms with Crippen molar-refractivity contribution in [2.24, 2.45) is 0 Å². The van der Waals surface area contributed by atoms with Crippen LogP contribution in [0, 0.1) is 0 Å². The Labute approximate surface area is 99.9 Å². The van der Waals surface area contributed by atoms with Gasteiger partial charge in [-0.3, -0.25) is 4.98 Å². The van der Waals surface area contributed by atoms with Crippen molar-refractivity contribution in [1.29, 1.82) is 0 Å². The summed E-state index contributed by atoms with van der Waals surface area (Å²) >= 11 is 1.82. The minimum Gasteiger partial charge on any atom is -0.399 e. The van der Waals surface area contributed by atoms with E-state index in [0.29, 0.717) is 5.25 Å². The average Bonchev–Trinajstić information content (AvgIpc) is 2.31. The lowest BCUT2D eigenvalue weighted by Crippen LogP contribution is -1.90. The van der Waals surface area contributed by atoms with Gasteiger partial charge in [0, 0.05) is 28.2 Å². The van der Waals surface area contributed by atoms with E-state index in [-0.39, 0.29) is 0 Å². The second-order valence-electron chi connectivity index (χ2n) is 3.61. The molecule has 82 valence electrons. The molecule has 2 aromatic rings. The maximum Gasteiger partial charge on any atom is 0.0316 e. The standard InChI is InChI=1S/C13H14N2S/c1-10(11-2-4-12(14)5-3-11)16-13-6-8-15-9-7-13/h2-10H,14H2,1H3. The average molecular weight is 230 g/mol. The van der Waals surface area contributed by atoms with Crippen molar-refractivity contribution in [3.05, 3.63) is 54.4 Å². The Balaban J connectivity index is 2.09. The molecule has 0 spiro atoms. The molecule has 0 saturated carbocycles. The van der Waals surface area contributed by atoms with Crippen molar-refractivity contribution >= 4 is 17.4 Å². The third kappa shape index (κ3) is 2.76. The summed E-state index contributed by atoms with van der Waals surface area (Å²) in [5.41, 5.74) is 7.76. The van der Waals surface area contributed by atoms with Crippen molar-refractivity contribution in [3.63, 3.8) is 0 Å². The molecule has 2 nitrogen and oxygen atoms in total. The Morgan fingerprint density at radius 3 is 2.31 bits per heavy atom. The third-order valence-electron chi connectivity index (χ3n) is 2.37. The van der Waals surface area contributed by atoms with E-state index in [1.165, 1.54) is 10.5 Å². The minimum atomic E-state index is 0.419. The summed E-state index contributed by atoms with van der Waals surface area (Å²) < 4.78 is 0. The van der Waals surface area contributed by atoms with Gasteiger partial charge in [0.1, 0.15) is 0 Å². The molecule has 0 aliphatic rings. The predicted molar refractivity (Wildman–Crippen MR) is 69.4 cm³/mol.